The predicted molar refractivity (Wildman–Crippen MR) is 275 cm³/mol. The Labute approximate surface area is 381 Å². The van der Waals surface area contributed by atoms with E-state index in [1.807, 2.05) is 24.3 Å². The molecule has 13 aromatic rings. The van der Waals surface area contributed by atoms with Crippen LogP contribution in [0.15, 0.2) is 231 Å². The molecule has 0 aliphatic rings. The second kappa shape index (κ2) is 15.4. The summed E-state index contributed by atoms with van der Waals surface area (Å²) < 4.78 is 0. The Kier molecular flexibility index (Phi) is 8.81. The van der Waals surface area contributed by atoms with Crippen LogP contribution in [0.25, 0.3) is 132 Å². The largest absolute Gasteiger partial charge is 0.248 e. The van der Waals surface area contributed by atoms with Crippen molar-refractivity contribution in [1.29, 1.82) is 0 Å². The van der Waals surface area contributed by atoms with E-state index in [-0.39, 0.29) is 0 Å². The van der Waals surface area contributed by atoms with Crippen LogP contribution in [0.2, 0.25) is 0 Å². The van der Waals surface area contributed by atoms with Crippen LogP contribution < -0.4 is 0 Å². The van der Waals surface area contributed by atoms with Crippen LogP contribution in [0.4, 0.5) is 0 Å². The lowest BCUT2D eigenvalue weighted by Crippen LogP contribution is -1.97. The molecular weight excluding hydrogens is 801 g/mol. The molecule has 0 unspecified atom stereocenters. The van der Waals surface area contributed by atoms with E-state index in [0.717, 1.165) is 94.3 Å². The molecule has 0 bridgehead atoms. The monoisotopic (exact) mass is 838 g/mol. The Balaban J connectivity index is 0.964. The fourth-order valence-electron chi connectivity index (χ4n) is 9.85. The van der Waals surface area contributed by atoms with Gasteiger partial charge in [-0.15, -0.1) is 0 Å². The van der Waals surface area contributed by atoms with Crippen LogP contribution in [-0.2, 0) is 0 Å². The van der Waals surface area contributed by atoms with Gasteiger partial charge in [0.15, 0.2) is 5.82 Å². The van der Waals surface area contributed by atoms with E-state index in [1.54, 1.807) is 0 Å². The highest BCUT2D eigenvalue weighted by molar-refractivity contribution is 6.26. The van der Waals surface area contributed by atoms with Crippen molar-refractivity contribution in [2.45, 2.75) is 0 Å². The molecule has 66 heavy (non-hydrogen) atoms. The highest BCUT2D eigenvalue weighted by atomic mass is 14.9. The third-order valence-electron chi connectivity index (χ3n) is 13.0. The molecule has 0 saturated carbocycles. The highest BCUT2D eigenvalue weighted by Gasteiger charge is 2.18. The minimum atomic E-state index is 0.675. The normalized spacial score (nSPS) is 11.6. The maximum atomic E-state index is 5.51. The molecule has 0 fully saturated rings. The number of hydrogen-bond acceptors (Lipinski definition) is 4. The first-order valence-electron chi connectivity index (χ1n) is 22.4. The van der Waals surface area contributed by atoms with Gasteiger partial charge in [-0.25, -0.2) is 19.9 Å². The molecule has 0 spiro atoms. The molecule has 3 aromatic heterocycles. The number of hydrogen-bond donors (Lipinski definition) is 0. The average molecular weight is 839 g/mol. The number of pyridine rings is 2. The second-order valence-electron chi connectivity index (χ2n) is 16.9. The molecular formula is C62H38N4. The van der Waals surface area contributed by atoms with Crippen molar-refractivity contribution >= 4 is 64.9 Å². The van der Waals surface area contributed by atoms with Crippen LogP contribution in [0.5, 0.6) is 0 Å². The zero-order valence-corrected chi connectivity index (χ0v) is 35.7. The van der Waals surface area contributed by atoms with Crippen LogP contribution in [0, 0.1) is 0 Å². The molecule has 306 valence electrons. The maximum Gasteiger partial charge on any atom is 0.160 e. The van der Waals surface area contributed by atoms with Crippen molar-refractivity contribution < 1.29 is 0 Å². The van der Waals surface area contributed by atoms with Crippen LogP contribution in [0.3, 0.4) is 0 Å². The fourth-order valence-corrected chi connectivity index (χ4v) is 9.85. The highest BCUT2D eigenvalue weighted by Crippen LogP contribution is 2.41. The van der Waals surface area contributed by atoms with Gasteiger partial charge in [0.25, 0.3) is 0 Å². The summed E-state index contributed by atoms with van der Waals surface area (Å²) in [4.78, 5) is 21.2. The Morgan fingerprint density at radius 3 is 1.39 bits per heavy atom. The molecule has 10 aromatic carbocycles. The van der Waals surface area contributed by atoms with E-state index in [1.165, 1.54) is 32.3 Å². The van der Waals surface area contributed by atoms with Gasteiger partial charge < -0.3 is 0 Å². The van der Waals surface area contributed by atoms with Crippen LogP contribution in [0.1, 0.15) is 0 Å². The van der Waals surface area contributed by atoms with Crippen molar-refractivity contribution in [3.63, 3.8) is 0 Å². The molecule has 3 heterocycles. The number of fused-ring (bicyclic) bond motifs is 11. The van der Waals surface area contributed by atoms with Gasteiger partial charge in [-0.3, -0.25) is 0 Å². The summed E-state index contributed by atoms with van der Waals surface area (Å²) in [5.74, 6) is 0.675. The van der Waals surface area contributed by atoms with E-state index >= 15 is 0 Å². The standard InChI is InChI=1S/C62H38N4/c1-4-15-39(16-5-1)42-21-14-22-43(35-42)57-38-58(66-62(65-57)41-19-8-3-9-20-41)45-28-30-51-52-31-34-56-53(60(52)61(64-59(51)37-45)40-17-6-2-7-18-40)32-33-55(63-56)44-27-29-50-48-25-11-10-23-46(48)47-24-12-13-26-49(47)54(50)36-44/h1-38H. The van der Waals surface area contributed by atoms with Gasteiger partial charge in [0.1, 0.15) is 0 Å². The quantitative estimate of drug-likeness (QED) is 0.157. The minimum Gasteiger partial charge on any atom is -0.248 e. The molecule has 0 radical (unpaired) electrons. The van der Waals surface area contributed by atoms with E-state index in [0.29, 0.717) is 5.82 Å². The summed E-state index contributed by atoms with van der Waals surface area (Å²) in [6.07, 6.45) is 0. The number of aromatic nitrogens is 4. The van der Waals surface area contributed by atoms with E-state index in [4.69, 9.17) is 19.9 Å². The topological polar surface area (TPSA) is 51.6 Å². The summed E-state index contributed by atoms with van der Waals surface area (Å²) >= 11 is 0. The van der Waals surface area contributed by atoms with Gasteiger partial charge in [-0.2, -0.15) is 0 Å². The lowest BCUT2D eigenvalue weighted by molar-refractivity contribution is 1.18. The molecule has 0 N–H and O–H groups in total. The van der Waals surface area contributed by atoms with Crippen LogP contribution >= 0.6 is 0 Å². The molecule has 0 atom stereocenters. The Morgan fingerprint density at radius 1 is 0.212 bits per heavy atom. The first-order valence-corrected chi connectivity index (χ1v) is 22.4. The second-order valence-corrected chi connectivity index (χ2v) is 16.9. The van der Waals surface area contributed by atoms with Crippen molar-refractivity contribution in [2.75, 3.05) is 0 Å². The van der Waals surface area contributed by atoms with E-state index < -0.39 is 0 Å². The third kappa shape index (κ3) is 6.38. The molecule has 4 heteroatoms. The van der Waals surface area contributed by atoms with Crippen molar-refractivity contribution in [3.05, 3.63) is 231 Å². The summed E-state index contributed by atoms with van der Waals surface area (Å²) in [6.45, 7) is 0. The van der Waals surface area contributed by atoms with Gasteiger partial charge in [-0.05, 0) is 91.3 Å². The zero-order valence-electron chi connectivity index (χ0n) is 35.7. The Hall–Kier alpha value is -8.86. The zero-order chi connectivity index (χ0) is 43.6. The summed E-state index contributed by atoms with van der Waals surface area (Å²) in [7, 11) is 0. The Morgan fingerprint density at radius 2 is 0.712 bits per heavy atom. The van der Waals surface area contributed by atoms with Crippen molar-refractivity contribution in [3.8, 4) is 67.5 Å². The van der Waals surface area contributed by atoms with Gasteiger partial charge >= 0.3 is 0 Å². The molecule has 4 nitrogen and oxygen atoms in total. The summed E-state index contributed by atoms with van der Waals surface area (Å²) in [5.41, 5.74) is 12.8. The maximum absolute atomic E-state index is 5.51. The molecule has 0 amide bonds. The number of benzene rings is 10. The summed E-state index contributed by atoms with van der Waals surface area (Å²) in [6, 6.07) is 81.5. The predicted octanol–water partition coefficient (Wildman–Crippen LogP) is 16.2. The molecule has 0 aliphatic heterocycles. The molecule has 0 aliphatic carbocycles. The SMILES string of the molecule is c1ccc(-c2cccc(-c3cc(-c4ccc5c(c4)nc(-c4ccccc4)c4c6ccc(-c7ccc8c9ccccc9c9ccccc9c8c7)nc6ccc54)nc(-c4ccccc4)n3)c2)cc1. The van der Waals surface area contributed by atoms with Crippen LogP contribution in [-0.4, -0.2) is 19.9 Å². The number of nitrogens with zero attached hydrogens (tertiary/aromatic N) is 4. The lowest BCUT2D eigenvalue weighted by Gasteiger charge is -2.15. The van der Waals surface area contributed by atoms with Gasteiger partial charge in [0.05, 0.1) is 33.8 Å². The smallest absolute Gasteiger partial charge is 0.160 e. The third-order valence-corrected chi connectivity index (χ3v) is 13.0. The van der Waals surface area contributed by atoms with E-state index in [2.05, 4.69) is 206 Å². The fraction of sp³-hybridized carbons (Fsp3) is 0. The first-order chi connectivity index (χ1) is 32.7. The van der Waals surface area contributed by atoms with Gasteiger partial charge in [0, 0.05) is 44.0 Å². The first kappa shape index (κ1) is 37.7. The lowest BCUT2D eigenvalue weighted by atomic mass is 9.92. The Bertz CT molecular complexity index is 4000. The summed E-state index contributed by atoms with van der Waals surface area (Å²) in [5, 5.41) is 11.9. The van der Waals surface area contributed by atoms with Crippen molar-refractivity contribution in [2.24, 2.45) is 0 Å². The van der Waals surface area contributed by atoms with E-state index in [9.17, 15) is 0 Å². The van der Waals surface area contributed by atoms with Gasteiger partial charge in [0.2, 0.25) is 0 Å². The number of rotatable bonds is 6. The van der Waals surface area contributed by atoms with Crippen molar-refractivity contribution in [1.82, 2.24) is 19.9 Å². The molecule has 0 saturated heterocycles. The minimum absolute atomic E-state index is 0.675. The molecule has 13 rings (SSSR count). The average Bonchev–Trinajstić information content (AvgIpc) is 3.40. The van der Waals surface area contributed by atoms with Gasteiger partial charge in [-0.1, -0.05) is 188 Å².